The van der Waals surface area contributed by atoms with Crippen molar-refractivity contribution < 1.29 is 14.7 Å². The lowest BCUT2D eigenvalue weighted by atomic mass is 9.98. The molecular formula is C21H33N3O3. The van der Waals surface area contributed by atoms with Crippen LogP contribution >= 0.6 is 0 Å². The highest BCUT2D eigenvalue weighted by Crippen LogP contribution is 2.33. The van der Waals surface area contributed by atoms with Crippen molar-refractivity contribution in [1.29, 1.82) is 0 Å². The average molecular weight is 376 g/mol. The van der Waals surface area contributed by atoms with E-state index in [0.29, 0.717) is 11.1 Å². The Balaban J connectivity index is 0.00000176. The van der Waals surface area contributed by atoms with Gasteiger partial charge >= 0.3 is 5.97 Å². The molecule has 0 bridgehead atoms. The molecule has 0 saturated carbocycles. The first kappa shape index (κ1) is 22.7. The summed E-state index contributed by atoms with van der Waals surface area (Å²) in [7, 11) is 7.30. The van der Waals surface area contributed by atoms with Crippen LogP contribution in [-0.4, -0.2) is 53.6 Å². The first-order valence-electron chi connectivity index (χ1n) is 9.36. The Labute approximate surface area is 162 Å². The van der Waals surface area contributed by atoms with Crippen molar-refractivity contribution in [2.45, 2.75) is 46.6 Å². The maximum absolute atomic E-state index is 12.7. The zero-order valence-corrected chi connectivity index (χ0v) is 18.0. The number of amides is 1. The number of carbonyl (C=O) groups is 2. The molecular weight excluding hydrogens is 342 g/mol. The molecule has 1 N–H and O–H groups in total. The van der Waals surface area contributed by atoms with Crippen LogP contribution in [0.4, 0.5) is 5.69 Å². The summed E-state index contributed by atoms with van der Waals surface area (Å²) in [6.07, 6.45) is 1.63. The maximum Gasteiger partial charge on any atom is 0.337 e. The van der Waals surface area contributed by atoms with Gasteiger partial charge in [-0.2, -0.15) is 0 Å². The second-order valence-corrected chi connectivity index (χ2v) is 7.08. The van der Waals surface area contributed by atoms with Gasteiger partial charge in [0.1, 0.15) is 0 Å². The van der Waals surface area contributed by atoms with Gasteiger partial charge in [-0.25, -0.2) is 4.79 Å². The molecule has 0 fully saturated rings. The fraction of sp³-hybridized carbons (Fsp3) is 0.524. The minimum Gasteiger partial charge on any atom is -0.478 e. The summed E-state index contributed by atoms with van der Waals surface area (Å²) in [5, 5.41) is 10.2. The molecule has 6 nitrogen and oxygen atoms in total. The molecule has 1 atom stereocenters. The van der Waals surface area contributed by atoms with Gasteiger partial charge in [0, 0.05) is 31.4 Å². The van der Waals surface area contributed by atoms with Gasteiger partial charge in [0.05, 0.1) is 17.1 Å². The molecule has 0 aliphatic carbocycles. The van der Waals surface area contributed by atoms with Gasteiger partial charge in [-0.05, 0) is 44.6 Å². The number of hydrogen-bond donors (Lipinski definition) is 1. The molecule has 0 aliphatic heterocycles. The maximum atomic E-state index is 12.7. The van der Waals surface area contributed by atoms with Gasteiger partial charge in [-0.15, -0.1) is 0 Å². The lowest BCUT2D eigenvalue weighted by Crippen LogP contribution is -2.42. The number of carboxylic acid groups (broad SMARTS) is 1. The molecule has 2 aromatic rings. The smallest absolute Gasteiger partial charge is 0.337 e. The van der Waals surface area contributed by atoms with Crippen LogP contribution in [0, 0.1) is 0 Å². The minimum absolute atomic E-state index is 0.0353. The molecule has 1 aromatic carbocycles. The number of nitrogens with zero attached hydrogens (tertiary/aromatic N) is 3. The predicted octanol–water partition coefficient (Wildman–Crippen LogP) is 3.94. The second kappa shape index (κ2) is 9.04. The third-order valence-electron chi connectivity index (χ3n) is 4.79. The number of anilines is 1. The zero-order chi connectivity index (χ0) is 21.0. The molecule has 0 unspecified atom stereocenters. The second-order valence-electron chi connectivity index (χ2n) is 7.08. The number of likely N-dealkylation sites (N-methyl/N-ethyl adjacent to an activating group) is 2. The monoisotopic (exact) mass is 375 g/mol. The van der Waals surface area contributed by atoms with Crippen LogP contribution in [0.1, 0.15) is 56.5 Å². The largest absolute Gasteiger partial charge is 0.478 e. The van der Waals surface area contributed by atoms with Crippen LogP contribution in [-0.2, 0) is 11.8 Å². The quantitative estimate of drug-likeness (QED) is 0.860. The summed E-state index contributed by atoms with van der Waals surface area (Å²) in [5.74, 6) is -0.799. The first-order valence-corrected chi connectivity index (χ1v) is 9.36. The number of aromatic nitrogens is 1. The number of benzene rings is 1. The first-order chi connectivity index (χ1) is 12.6. The fourth-order valence-corrected chi connectivity index (χ4v) is 3.00. The molecule has 2 rings (SSSR count). The Morgan fingerprint density at radius 2 is 1.63 bits per heavy atom. The number of hydrogen-bond acceptors (Lipinski definition) is 3. The molecule has 1 heterocycles. The topological polar surface area (TPSA) is 65.8 Å². The van der Waals surface area contributed by atoms with E-state index in [-0.39, 0.29) is 23.4 Å². The Kier molecular flexibility index (Phi) is 7.60. The number of rotatable bonds is 5. The summed E-state index contributed by atoms with van der Waals surface area (Å²) in [4.78, 5) is 27.8. The lowest BCUT2D eigenvalue weighted by Gasteiger charge is -2.26. The predicted molar refractivity (Wildman–Crippen MR) is 112 cm³/mol. The van der Waals surface area contributed by atoms with Crippen molar-refractivity contribution >= 4 is 28.5 Å². The van der Waals surface area contributed by atoms with Crippen molar-refractivity contribution in [2.24, 2.45) is 7.05 Å². The van der Waals surface area contributed by atoms with E-state index in [1.807, 2.05) is 57.4 Å². The van der Waals surface area contributed by atoms with Crippen molar-refractivity contribution in [3.63, 3.8) is 0 Å². The van der Waals surface area contributed by atoms with Gasteiger partial charge < -0.3 is 14.6 Å². The SMILES string of the molecule is CC.CC(C)c1cc(N(C)C(=O)[C@H](C)N(C)C)cc2c(C(=O)O)cn(C)c12. The van der Waals surface area contributed by atoms with Crippen LogP contribution in [0.25, 0.3) is 10.9 Å². The molecule has 0 saturated heterocycles. The van der Waals surface area contributed by atoms with Gasteiger partial charge in [-0.1, -0.05) is 27.7 Å². The molecule has 6 heteroatoms. The highest BCUT2D eigenvalue weighted by Gasteiger charge is 2.24. The Hall–Kier alpha value is -2.34. The summed E-state index contributed by atoms with van der Waals surface area (Å²) in [5.41, 5.74) is 2.89. The third-order valence-corrected chi connectivity index (χ3v) is 4.79. The molecule has 150 valence electrons. The third kappa shape index (κ3) is 4.50. The number of aromatic carboxylic acids is 1. The highest BCUT2D eigenvalue weighted by atomic mass is 16.4. The van der Waals surface area contributed by atoms with Crippen molar-refractivity contribution in [1.82, 2.24) is 9.47 Å². The molecule has 1 aromatic heterocycles. The highest BCUT2D eigenvalue weighted by molar-refractivity contribution is 6.07. The summed E-state index contributed by atoms with van der Waals surface area (Å²) >= 11 is 0. The summed E-state index contributed by atoms with van der Waals surface area (Å²) < 4.78 is 1.85. The fourth-order valence-electron chi connectivity index (χ4n) is 3.00. The van der Waals surface area contributed by atoms with Crippen LogP contribution in [0.15, 0.2) is 18.3 Å². The van der Waals surface area contributed by atoms with E-state index in [1.54, 1.807) is 24.2 Å². The van der Waals surface area contributed by atoms with Crippen molar-refractivity contribution in [2.75, 3.05) is 26.0 Å². The summed E-state index contributed by atoms with van der Waals surface area (Å²) in [6.45, 7) is 9.98. The van der Waals surface area contributed by atoms with E-state index in [0.717, 1.165) is 11.1 Å². The molecule has 0 aliphatic rings. The van der Waals surface area contributed by atoms with Gasteiger partial charge in [-0.3, -0.25) is 9.69 Å². The Bertz CT molecular complexity index is 822. The number of aryl methyl sites for hydroxylation is 1. The van der Waals surface area contributed by atoms with Crippen LogP contribution in [0.5, 0.6) is 0 Å². The van der Waals surface area contributed by atoms with E-state index in [4.69, 9.17) is 0 Å². The van der Waals surface area contributed by atoms with E-state index >= 15 is 0 Å². The van der Waals surface area contributed by atoms with Crippen LogP contribution < -0.4 is 4.90 Å². The van der Waals surface area contributed by atoms with Crippen molar-refractivity contribution in [3.05, 3.63) is 29.5 Å². The van der Waals surface area contributed by atoms with Crippen LogP contribution in [0.2, 0.25) is 0 Å². The normalized spacial score (nSPS) is 12.1. The number of carbonyl (C=O) groups excluding carboxylic acids is 1. The Morgan fingerprint density at radius 1 is 1.07 bits per heavy atom. The minimum atomic E-state index is -0.965. The van der Waals surface area contributed by atoms with Crippen molar-refractivity contribution in [3.8, 4) is 0 Å². The van der Waals surface area contributed by atoms with Gasteiger partial charge in [0.15, 0.2) is 0 Å². The van der Waals surface area contributed by atoms with E-state index in [1.165, 1.54) is 0 Å². The lowest BCUT2D eigenvalue weighted by molar-refractivity contribution is -0.122. The molecule has 0 radical (unpaired) electrons. The standard InChI is InChI=1S/C19H27N3O3.C2H6/c1-11(2)14-8-13(22(7)18(23)12(3)20(4)5)9-15-16(19(24)25)10-21(6)17(14)15;1-2/h8-12H,1-7H3,(H,24,25);1-2H3/t12-;/m0./s1. The van der Waals surface area contributed by atoms with Gasteiger partial charge in [0.25, 0.3) is 0 Å². The molecule has 1 amide bonds. The van der Waals surface area contributed by atoms with E-state index < -0.39 is 5.97 Å². The van der Waals surface area contributed by atoms with E-state index in [2.05, 4.69) is 13.8 Å². The van der Waals surface area contributed by atoms with E-state index in [9.17, 15) is 14.7 Å². The number of fused-ring (bicyclic) bond motifs is 1. The summed E-state index contributed by atoms with van der Waals surface area (Å²) in [6, 6.07) is 3.52. The Morgan fingerprint density at radius 3 is 2.07 bits per heavy atom. The number of carboxylic acids is 1. The molecule has 0 spiro atoms. The van der Waals surface area contributed by atoms with Crippen LogP contribution in [0.3, 0.4) is 0 Å². The average Bonchev–Trinajstić information content (AvgIpc) is 2.97. The van der Waals surface area contributed by atoms with Gasteiger partial charge in [0.2, 0.25) is 5.91 Å². The zero-order valence-electron chi connectivity index (χ0n) is 18.0. The molecule has 27 heavy (non-hydrogen) atoms.